The standard InChI is InChI=1S/C14H21N3O4/c1-20-8-7-16-6-5-12(10-16)15-11-3-4-13(17(18)19)14(9-11)21-2/h3-4,9,12,15H,5-8,10H2,1-2H3/t12-/m0/s1. The van der Waals surface area contributed by atoms with Gasteiger partial charge in [0.1, 0.15) is 0 Å². The number of rotatable bonds is 7. The number of anilines is 1. The molecule has 0 saturated carbocycles. The lowest BCUT2D eigenvalue weighted by Gasteiger charge is -2.17. The third-order valence-corrected chi connectivity index (χ3v) is 3.63. The van der Waals surface area contributed by atoms with Crippen LogP contribution in [0.5, 0.6) is 5.75 Å². The van der Waals surface area contributed by atoms with Crippen LogP contribution in [0.2, 0.25) is 0 Å². The minimum absolute atomic E-state index is 0.0174. The van der Waals surface area contributed by atoms with Gasteiger partial charge in [-0.2, -0.15) is 0 Å². The first-order chi connectivity index (χ1) is 10.1. The van der Waals surface area contributed by atoms with Gasteiger partial charge in [0.2, 0.25) is 0 Å². The van der Waals surface area contributed by atoms with Crippen LogP contribution in [-0.4, -0.2) is 56.3 Å². The van der Waals surface area contributed by atoms with Crippen molar-refractivity contribution in [3.63, 3.8) is 0 Å². The Bertz CT molecular complexity index is 495. The summed E-state index contributed by atoms with van der Waals surface area (Å²) in [6, 6.07) is 5.21. The fraction of sp³-hybridized carbons (Fsp3) is 0.571. The number of hydrogen-bond donors (Lipinski definition) is 1. The average molecular weight is 295 g/mol. The van der Waals surface area contributed by atoms with Gasteiger partial charge < -0.3 is 14.8 Å². The molecule has 1 aliphatic rings. The van der Waals surface area contributed by atoms with Crippen LogP contribution >= 0.6 is 0 Å². The molecule has 0 unspecified atom stereocenters. The van der Waals surface area contributed by atoms with Crippen LogP contribution in [0, 0.1) is 10.1 Å². The molecule has 0 spiro atoms. The highest BCUT2D eigenvalue weighted by molar-refractivity contribution is 5.58. The van der Waals surface area contributed by atoms with E-state index in [0.717, 1.165) is 38.3 Å². The van der Waals surface area contributed by atoms with Crippen molar-refractivity contribution in [2.75, 3.05) is 45.8 Å². The minimum atomic E-state index is -0.440. The highest BCUT2D eigenvalue weighted by Crippen LogP contribution is 2.30. The second-order valence-electron chi connectivity index (χ2n) is 5.07. The van der Waals surface area contributed by atoms with Gasteiger partial charge in [-0.05, 0) is 12.5 Å². The number of nitrogens with zero attached hydrogens (tertiary/aromatic N) is 2. The van der Waals surface area contributed by atoms with E-state index < -0.39 is 4.92 Å². The first-order valence-electron chi connectivity index (χ1n) is 6.94. The third-order valence-electron chi connectivity index (χ3n) is 3.63. The Hall–Kier alpha value is -1.86. The molecule has 116 valence electrons. The lowest BCUT2D eigenvalue weighted by molar-refractivity contribution is -0.385. The molecule has 7 nitrogen and oxygen atoms in total. The van der Waals surface area contributed by atoms with E-state index in [1.807, 2.05) is 0 Å². The zero-order valence-electron chi connectivity index (χ0n) is 12.4. The van der Waals surface area contributed by atoms with Crippen LogP contribution in [0.1, 0.15) is 6.42 Å². The fourth-order valence-corrected chi connectivity index (χ4v) is 2.53. The number of nitrogens with one attached hydrogen (secondary N) is 1. The number of methoxy groups -OCH3 is 2. The van der Waals surface area contributed by atoms with Gasteiger partial charge in [-0.25, -0.2) is 0 Å². The van der Waals surface area contributed by atoms with Crippen molar-refractivity contribution in [1.29, 1.82) is 0 Å². The Balaban J connectivity index is 1.96. The maximum atomic E-state index is 10.9. The zero-order chi connectivity index (χ0) is 15.2. The molecule has 1 atom stereocenters. The van der Waals surface area contributed by atoms with Gasteiger partial charge in [-0.3, -0.25) is 15.0 Å². The van der Waals surface area contributed by atoms with E-state index in [4.69, 9.17) is 9.47 Å². The lowest BCUT2D eigenvalue weighted by Crippen LogP contribution is -2.28. The molecule has 1 N–H and O–H groups in total. The van der Waals surface area contributed by atoms with Gasteiger partial charge in [0.25, 0.3) is 0 Å². The topological polar surface area (TPSA) is 76.9 Å². The molecule has 1 aromatic carbocycles. The molecular weight excluding hydrogens is 274 g/mol. The van der Waals surface area contributed by atoms with Gasteiger partial charge in [0, 0.05) is 50.6 Å². The average Bonchev–Trinajstić information content (AvgIpc) is 2.92. The molecule has 0 aromatic heterocycles. The van der Waals surface area contributed by atoms with Crippen molar-refractivity contribution < 1.29 is 14.4 Å². The van der Waals surface area contributed by atoms with Gasteiger partial charge in [-0.15, -0.1) is 0 Å². The molecule has 7 heteroatoms. The van der Waals surface area contributed by atoms with E-state index in [1.165, 1.54) is 13.2 Å². The summed E-state index contributed by atoms with van der Waals surface area (Å²) in [6.45, 7) is 3.64. The quantitative estimate of drug-likeness (QED) is 0.610. The molecule has 0 aliphatic carbocycles. The van der Waals surface area contributed by atoms with Crippen LogP contribution in [0.4, 0.5) is 11.4 Å². The SMILES string of the molecule is COCCN1CC[C@H](Nc2ccc([N+](=O)[O-])c(OC)c2)C1. The molecule has 2 rings (SSSR count). The molecule has 21 heavy (non-hydrogen) atoms. The summed E-state index contributed by atoms with van der Waals surface area (Å²) in [5.74, 6) is 0.277. The molecule has 1 aromatic rings. The van der Waals surface area contributed by atoms with Gasteiger partial charge >= 0.3 is 5.69 Å². The Morgan fingerprint density at radius 1 is 1.48 bits per heavy atom. The van der Waals surface area contributed by atoms with Crippen molar-refractivity contribution in [3.05, 3.63) is 28.3 Å². The summed E-state index contributed by atoms with van der Waals surface area (Å²) < 4.78 is 10.2. The molecule has 1 heterocycles. The van der Waals surface area contributed by atoms with E-state index in [-0.39, 0.29) is 11.4 Å². The van der Waals surface area contributed by atoms with Crippen molar-refractivity contribution >= 4 is 11.4 Å². The first-order valence-corrected chi connectivity index (χ1v) is 6.94. The maximum absolute atomic E-state index is 10.9. The van der Waals surface area contributed by atoms with Crippen LogP contribution in [-0.2, 0) is 4.74 Å². The number of benzene rings is 1. The van der Waals surface area contributed by atoms with E-state index in [2.05, 4.69) is 10.2 Å². The molecule has 0 radical (unpaired) electrons. The van der Waals surface area contributed by atoms with Crippen LogP contribution in [0.25, 0.3) is 0 Å². The van der Waals surface area contributed by atoms with E-state index >= 15 is 0 Å². The summed E-state index contributed by atoms with van der Waals surface area (Å²) in [5, 5.41) is 14.3. The molecule has 1 saturated heterocycles. The number of ether oxygens (including phenoxy) is 2. The largest absolute Gasteiger partial charge is 0.490 e. The number of hydrogen-bond acceptors (Lipinski definition) is 6. The van der Waals surface area contributed by atoms with E-state index in [1.54, 1.807) is 19.2 Å². The van der Waals surface area contributed by atoms with Crippen LogP contribution in [0.3, 0.4) is 0 Å². The first kappa shape index (κ1) is 15.5. The van der Waals surface area contributed by atoms with Crippen molar-refractivity contribution in [2.24, 2.45) is 0 Å². The Labute approximate surface area is 124 Å². The minimum Gasteiger partial charge on any atom is -0.490 e. The van der Waals surface area contributed by atoms with E-state index in [0.29, 0.717) is 6.04 Å². The van der Waals surface area contributed by atoms with Gasteiger partial charge in [-0.1, -0.05) is 0 Å². The van der Waals surface area contributed by atoms with Gasteiger partial charge in [0.05, 0.1) is 18.6 Å². The number of nitro benzene ring substituents is 1. The molecule has 0 bridgehead atoms. The predicted molar refractivity (Wildman–Crippen MR) is 80.0 cm³/mol. The second kappa shape index (κ2) is 7.24. The highest BCUT2D eigenvalue weighted by Gasteiger charge is 2.22. The smallest absolute Gasteiger partial charge is 0.311 e. The molecule has 0 amide bonds. The Kier molecular flexibility index (Phi) is 5.35. The monoisotopic (exact) mass is 295 g/mol. The fourth-order valence-electron chi connectivity index (χ4n) is 2.53. The second-order valence-corrected chi connectivity index (χ2v) is 5.07. The highest BCUT2D eigenvalue weighted by atomic mass is 16.6. The molecule has 1 aliphatic heterocycles. The normalized spacial score (nSPS) is 18.7. The van der Waals surface area contributed by atoms with E-state index in [9.17, 15) is 10.1 Å². The molecular formula is C14H21N3O4. The summed E-state index contributed by atoms with van der Waals surface area (Å²) in [7, 11) is 3.14. The summed E-state index contributed by atoms with van der Waals surface area (Å²) in [5.41, 5.74) is 0.826. The molecule has 1 fully saturated rings. The summed E-state index contributed by atoms with van der Waals surface area (Å²) in [4.78, 5) is 12.8. The van der Waals surface area contributed by atoms with Gasteiger partial charge in [0.15, 0.2) is 5.75 Å². The predicted octanol–water partition coefficient (Wildman–Crippen LogP) is 1.74. The summed E-state index contributed by atoms with van der Waals surface area (Å²) in [6.07, 6.45) is 1.04. The summed E-state index contributed by atoms with van der Waals surface area (Å²) >= 11 is 0. The lowest BCUT2D eigenvalue weighted by atomic mass is 10.2. The number of likely N-dealkylation sites (tertiary alicyclic amines) is 1. The van der Waals surface area contributed by atoms with Crippen molar-refractivity contribution in [2.45, 2.75) is 12.5 Å². The zero-order valence-corrected chi connectivity index (χ0v) is 12.4. The Morgan fingerprint density at radius 3 is 2.95 bits per heavy atom. The number of nitro groups is 1. The van der Waals surface area contributed by atoms with Crippen LogP contribution in [0.15, 0.2) is 18.2 Å². The Morgan fingerprint density at radius 2 is 2.29 bits per heavy atom. The van der Waals surface area contributed by atoms with Crippen molar-refractivity contribution in [3.8, 4) is 5.75 Å². The third kappa shape index (κ3) is 4.05. The van der Waals surface area contributed by atoms with Crippen molar-refractivity contribution in [1.82, 2.24) is 4.90 Å². The van der Waals surface area contributed by atoms with Crippen LogP contribution < -0.4 is 10.1 Å². The maximum Gasteiger partial charge on any atom is 0.311 e.